The number of benzene rings is 12. The van der Waals surface area contributed by atoms with Crippen LogP contribution in [0.4, 0.5) is 0 Å². The van der Waals surface area contributed by atoms with Gasteiger partial charge in [-0.15, -0.1) is 0 Å². The lowest BCUT2D eigenvalue weighted by Gasteiger charge is -2.34. The van der Waals surface area contributed by atoms with Gasteiger partial charge in [0.05, 0.1) is 110 Å². The van der Waals surface area contributed by atoms with Gasteiger partial charge >= 0.3 is 0 Å². The van der Waals surface area contributed by atoms with Gasteiger partial charge in [-0.2, -0.15) is 0 Å². The highest BCUT2D eigenvalue weighted by Gasteiger charge is 2.39. The standard InChI is InChI=1S/2C25H29NO5.2C23H25NO3/c1-29-22-10-18-17(7-14(22)12-27)19-8-15(13-28)24(30-2)25(31-3)23(19)20-9-16-5-4-6-26(16)11-21(18)20;1-30-23-8-17-18(6-14(23)11-27)25-19(9-24(31-2)21(12-28)22(25)13-29)16-7-15-4-3-5-26(15)10-20(16)17;1-26-16-5-6-17-18-8-14(13-25)23(27-2)11-21(18)22-12-24-7-3-4-15(24)9-19(22)20(17)10-16;1-27-23-10-21-19(8-15(23)13-26)18-7-14(12-25)4-5-17(18)20-9-16-3-2-6-24(16)11-22(20)21/h7-8,10,16,27-28H,4-6,9,11-13H2,1-3H3;6,8-9,15,27-29H,3-5,7,10-13H2,1-2H3;5-6,8,10-11,15,25H,3-4,7,9,12-13H2,1-2H3;4-5,7-8,10,16,25-26H,2-3,6,9,11-13H2,1H3. The first-order valence-corrected chi connectivity index (χ1v) is 41.2. The van der Waals surface area contributed by atoms with Crippen molar-refractivity contribution in [2.75, 3.05) is 83.1 Å². The van der Waals surface area contributed by atoms with Crippen LogP contribution < -0.4 is 37.9 Å². The number of hydrogen-bond acceptors (Lipinski definition) is 20. The smallest absolute Gasteiger partial charge is 0.169 e. The monoisotopic (exact) mass is 1570 g/mol. The minimum Gasteiger partial charge on any atom is -0.497 e. The molecular formula is C96H108N4O16. The molecule has 4 atom stereocenters. The highest BCUT2D eigenvalue weighted by Crippen LogP contribution is 2.52. The van der Waals surface area contributed by atoms with Crippen molar-refractivity contribution in [3.8, 4) is 46.0 Å². The molecule has 4 unspecified atom stereocenters. The van der Waals surface area contributed by atoms with Crippen LogP contribution in [-0.4, -0.2) is 168 Å². The number of fused-ring (bicyclic) bond motifs is 28. The van der Waals surface area contributed by atoms with Gasteiger partial charge in [0.1, 0.15) is 34.5 Å². The molecule has 0 spiro atoms. The molecule has 20 heteroatoms. The predicted octanol–water partition coefficient (Wildman–Crippen LogP) is 14.1. The van der Waals surface area contributed by atoms with Crippen LogP contribution in [0.25, 0.3) is 86.2 Å². The molecule has 8 aliphatic rings. The fourth-order valence-corrected chi connectivity index (χ4v) is 21.5. The molecule has 20 rings (SSSR count). The Labute approximate surface area is 676 Å². The molecule has 0 amide bonds. The Kier molecular flexibility index (Phi) is 22.7. The Hall–Kier alpha value is -9.36. The van der Waals surface area contributed by atoms with E-state index in [1.165, 1.54) is 147 Å². The van der Waals surface area contributed by atoms with Gasteiger partial charge in [0.2, 0.25) is 0 Å². The van der Waals surface area contributed by atoms with Crippen molar-refractivity contribution >= 4 is 86.2 Å². The minimum absolute atomic E-state index is 0.0257. The highest BCUT2D eigenvalue weighted by molar-refractivity contribution is 6.17. The zero-order chi connectivity index (χ0) is 80.5. The zero-order valence-electron chi connectivity index (χ0n) is 68.0. The zero-order valence-corrected chi connectivity index (χ0v) is 68.0. The molecule has 0 aliphatic carbocycles. The Morgan fingerprint density at radius 2 is 0.621 bits per heavy atom. The van der Waals surface area contributed by atoms with Crippen LogP contribution in [0.3, 0.4) is 0 Å². The third-order valence-electron chi connectivity index (χ3n) is 27.2. The molecule has 0 aromatic heterocycles. The number of methoxy groups -OCH3 is 8. The molecule has 116 heavy (non-hydrogen) atoms. The Bertz CT molecular complexity index is 5840. The van der Waals surface area contributed by atoms with Crippen molar-refractivity contribution in [3.63, 3.8) is 0 Å². The van der Waals surface area contributed by atoms with E-state index in [4.69, 9.17) is 37.9 Å². The molecule has 12 aromatic rings. The maximum Gasteiger partial charge on any atom is 0.169 e. The van der Waals surface area contributed by atoms with Crippen LogP contribution in [0.2, 0.25) is 0 Å². The number of rotatable bonds is 16. The van der Waals surface area contributed by atoms with E-state index in [2.05, 4.69) is 74.2 Å². The third kappa shape index (κ3) is 13.5. The minimum atomic E-state index is -0.215. The summed E-state index contributed by atoms with van der Waals surface area (Å²) in [5.74, 6) is 5.64. The van der Waals surface area contributed by atoms with Gasteiger partial charge in [0.25, 0.3) is 0 Å². The van der Waals surface area contributed by atoms with E-state index in [0.717, 1.165) is 153 Å². The van der Waals surface area contributed by atoms with Gasteiger partial charge in [-0.25, -0.2) is 0 Å². The summed E-state index contributed by atoms with van der Waals surface area (Å²) in [5, 5.41) is 97.7. The topological polar surface area (TPSA) is 249 Å². The number of aliphatic hydroxyl groups excluding tert-OH is 8. The van der Waals surface area contributed by atoms with Gasteiger partial charge in [0, 0.05) is 89.1 Å². The van der Waals surface area contributed by atoms with E-state index in [9.17, 15) is 40.9 Å². The quantitative estimate of drug-likeness (QED) is 0.0419. The van der Waals surface area contributed by atoms with Crippen molar-refractivity contribution in [1.29, 1.82) is 0 Å². The number of nitrogens with zero attached hydrogens (tertiary/aromatic N) is 4. The van der Waals surface area contributed by atoms with Crippen molar-refractivity contribution in [1.82, 2.24) is 19.6 Å². The van der Waals surface area contributed by atoms with Crippen LogP contribution >= 0.6 is 0 Å². The summed E-state index contributed by atoms with van der Waals surface area (Å²) >= 11 is 0. The molecule has 4 saturated heterocycles. The highest BCUT2D eigenvalue weighted by atomic mass is 16.5. The van der Waals surface area contributed by atoms with Gasteiger partial charge in [0.15, 0.2) is 11.5 Å². The summed E-state index contributed by atoms with van der Waals surface area (Å²) in [4.78, 5) is 10.4. The summed E-state index contributed by atoms with van der Waals surface area (Å²) in [7, 11) is 13.2. The number of aliphatic hydroxyl groups is 8. The molecule has 8 heterocycles. The Balaban J connectivity index is 0.000000111. The first-order chi connectivity index (χ1) is 56.7. The summed E-state index contributed by atoms with van der Waals surface area (Å²) in [5.41, 5.74) is 16.9. The Morgan fingerprint density at radius 1 is 0.267 bits per heavy atom. The SMILES string of the molecule is COc1cc2c3c(c4c(OC)c(OC)c(CO)cc4c2cc1CO)CC1CCCN1C3.COc1cc2c3c(c4cc(OC)c(CO)c(CO)c4c2cc1CO)CC1CCCN1C3.COc1cc2c3c(c4ccc(CO)cc4c2cc1CO)CC1CCCN1C3.COc1ccc2c(c1)c1c(c3cc(OC)c(CO)cc32)CN2CCCC2C1. The molecule has 4 fully saturated rings. The van der Waals surface area contributed by atoms with Gasteiger partial charge < -0.3 is 78.7 Å². The van der Waals surface area contributed by atoms with Crippen molar-refractivity contribution in [2.45, 2.75) is 180 Å². The summed E-state index contributed by atoms with van der Waals surface area (Å²) < 4.78 is 45.1. The van der Waals surface area contributed by atoms with Gasteiger partial charge in [-0.05, 0) is 319 Å². The lowest BCUT2D eigenvalue weighted by atomic mass is 9.82. The second kappa shape index (κ2) is 33.2. The van der Waals surface area contributed by atoms with E-state index in [1.54, 1.807) is 56.9 Å². The van der Waals surface area contributed by atoms with Crippen molar-refractivity contribution in [3.05, 3.63) is 186 Å². The van der Waals surface area contributed by atoms with Crippen LogP contribution in [0.15, 0.2) is 97.1 Å². The van der Waals surface area contributed by atoms with Crippen LogP contribution in [0.1, 0.15) is 140 Å². The van der Waals surface area contributed by atoms with E-state index in [0.29, 0.717) is 75.2 Å². The third-order valence-corrected chi connectivity index (χ3v) is 27.2. The largest absolute Gasteiger partial charge is 0.497 e. The molecular weight excluding hydrogens is 1470 g/mol. The van der Waals surface area contributed by atoms with Crippen molar-refractivity contribution < 1.29 is 78.7 Å². The molecule has 0 radical (unpaired) electrons. The lowest BCUT2D eigenvalue weighted by Crippen LogP contribution is -2.35. The van der Waals surface area contributed by atoms with Gasteiger partial charge in [-0.1, -0.05) is 18.2 Å². The number of hydrogen-bond donors (Lipinski definition) is 8. The fraction of sp³-hybridized carbons (Fsp3) is 0.417. The molecule has 0 saturated carbocycles. The molecule has 20 nitrogen and oxygen atoms in total. The van der Waals surface area contributed by atoms with Crippen LogP contribution in [-0.2, 0) is 105 Å². The average molecular weight is 1570 g/mol. The second-order valence-corrected chi connectivity index (χ2v) is 32.6. The average Bonchev–Trinajstić information content (AvgIpc) is 0.819. The van der Waals surface area contributed by atoms with Crippen molar-refractivity contribution in [2.24, 2.45) is 0 Å². The second-order valence-electron chi connectivity index (χ2n) is 32.6. The van der Waals surface area contributed by atoms with E-state index in [-0.39, 0.29) is 52.9 Å². The fourth-order valence-electron chi connectivity index (χ4n) is 21.5. The number of ether oxygens (including phenoxy) is 8. The summed E-state index contributed by atoms with van der Waals surface area (Å²) in [6.07, 6.45) is 14.1. The molecule has 12 aromatic carbocycles. The van der Waals surface area contributed by atoms with E-state index in [1.807, 2.05) is 42.5 Å². The van der Waals surface area contributed by atoms with Crippen LogP contribution in [0, 0.1) is 0 Å². The summed E-state index contributed by atoms with van der Waals surface area (Å²) in [6, 6.07) is 35.5. The first-order valence-electron chi connectivity index (χ1n) is 41.2. The predicted molar refractivity (Wildman–Crippen MR) is 454 cm³/mol. The molecule has 608 valence electrons. The van der Waals surface area contributed by atoms with Gasteiger partial charge in [-0.3, -0.25) is 19.6 Å². The first kappa shape index (κ1) is 79.1. The normalized spacial score (nSPS) is 18.8. The maximum absolute atomic E-state index is 10.4. The molecule has 0 bridgehead atoms. The van der Waals surface area contributed by atoms with E-state index >= 15 is 0 Å². The lowest BCUT2D eigenvalue weighted by molar-refractivity contribution is 0.229. The van der Waals surface area contributed by atoms with Crippen LogP contribution in [0.5, 0.6) is 46.0 Å². The summed E-state index contributed by atoms with van der Waals surface area (Å²) in [6.45, 7) is 7.51. The molecule has 8 aliphatic heterocycles. The maximum atomic E-state index is 10.4. The Morgan fingerprint density at radius 3 is 1.04 bits per heavy atom. The molecule has 8 N–H and O–H groups in total. The van der Waals surface area contributed by atoms with E-state index < -0.39 is 0 Å².